The molecule has 1 amide bonds. The van der Waals surface area contributed by atoms with Gasteiger partial charge < -0.3 is 19.1 Å². The maximum absolute atomic E-state index is 12.4. The standard InChI is InChI=1S/C34H40ClN9O5Si/c1-33(2,3)49-32(45)39-29-10-7-23(17-36-29)28-18-37-31(42(28)21-48-13-14-50(4,5)6)34(46)12-11-22-15-24(19-44(47)30(22)34)26-16-25(35)8-9-27(26)43-20-38-40-41-43/h7-10,15-20,46H,11-14,21H2,1-6H3,(H-,36,39,45,47)/p+1. The number of carbonyl (C=O) groups excluding carboxylic acids is 1. The molecule has 262 valence electrons. The molecular formula is C34H41ClN9O5Si+. The average Bonchev–Trinajstić information content (AvgIpc) is 3.78. The first-order valence-electron chi connectivity index (χ1n) is 16.3. The molecule has 16 heteroatoms. The fourth-order valence-corrected chi connectivity index (χ4v) is 6.85. The summed E-state index contributed by atoms with van der Waals surface area (Å²) in [5.74, 6) is 0.645. The predicted molar refractivity (Wildman–Crippen MR) is 188 cm³/mol. The van der Waals surface area contributed by atoms with Gasteiger partial charge in [0.2, 0.25) is 11.8 Å². The van der Waals surface area contributed by atoms with Crippen LogP contribution in [0, 0.1) is 0 Å². The monoisotopic (exact) mass is 718 g/mol. The number of carbonyl (C=O) groups is 1. The maximum atomic E-state index is 12.4. The Morgan fingerprint density at radius 3 is 2.60 bits per heavy atom. The van der Waals surface area contributed by atoms with E-state index >= 15 is 0 Å². The molecule has 1 aliphatic rings. The smallest absolute Gasteiger partial charge is 0.413 e. The summed E-state index contributed by atoms with van der Waals surface area (Å²) in [5, 5.41) is 38.6. The molecule has 5 aromatic rings. The second-order valence-corrected chi connectivity index (χ2v) is 20.6. The lowest BCUT2D eigenvalue weighted by Gasteiger charge is -2.23. The number of rotatable bonds is 10. The van der Waals surface area contributed by atoms with Crippen LogP contribution in [-0.4, -0.2) is 71.4 Å². The van der Waals surface area contributed by atoms with E-state index in [2.05, 4.69) is 45.5 Å². The van der Waals surface area contributed by atoms with Crippen LogP contribution in [0.5, 0.6) is 0 Å². The lowest BCUT2D eigenvalue weighted by molar-refractivity contribution is -0.912. The van der Waals surface area contributed by atoms with E-state index in [4.69, 9.17) is 26.1 Å². The maximum Gasteiger partial charge on any atom is 0.413 e. The summed E-state index contributed by atoms with van der Waals surface area (Å²) in [4.78, 5) is 21.4. The van der Waals surface area contributed by atoms with Crippen molar-refractivity contribution in [2.45, 2.75) is 77.2 Å². The Labute approximate surface area is 295 Å². The highest BCUT2D eigenvalue weighted by molar-refractivity contribution is 6.76. The van der Waals surface area contributed by atoms with E-state index in [1.807, 2.05) is 10.6 Å². The number of fused-ring (bicyclic) bond motifs is 1. The third-order valence-electron chi connectivity index (χ3n) is 8.27. The van der Waals surface area contributed by atoms with Gasteiger partial charge in [-0.3, -0.25) is 10.5 Å². The second-order valence-electron chi connectivity index (χ2n) is 14.5. The van der Waals surface area contributed by atoms with Crippen LogP contribution >= 0.6 is 11.6 Å². The van der Waals surface area contributed by atoms with Gasteiger partial charge >= 0.3 is 6.09 Å². The number of ether oxygens (including phenoxy) is 2. The summed E-state index contributed by atoms with van der Waals surface area (Å²) in [6.07, 6.45) is 6.42. The largest absolute Gasteiger partial charge is 0.444 e. The topological polar surface area (TPSA) is 166 Å². The molecule has 1 unspecified atom stereocenters. The van der Waals surface area contributed by atoms with Gasteiger partial charge in [-0.1, -0.05) is 31.2 Å². The third kappa shape index (κ3) is 7.55. The molecule has 0 aliphatic heterocycles. The van der Waals surface area contributed by atoms with Crippen LogP contribution < -0.4 is 10.0 Å². The second kappa shape index (κ2) is 13.5. The molecule has 3 N–H and O–H groups in total. The van der Waals surface area contributed by atoms with Gasteiger partial charge in [-0.2, -0.15) is 4.68 Å². The summed E-state index contributed by atoms with van der Waals surface area (Å²) in [6, 6.07) is 11.7. The molecule has 0 saturated carbocycles. The first-order chi connectivity index (χ1) is 23.6. The highest BCUT2D eigenvalue weighted by Gasteiger charge is 2.51. The Kier molecular flexibility index (Phi) is 9.52. The van der Waals surface area contributed by atoms with Crippen LogP contribution in [-0.2, 0) is 28.2 Å². The van der Waals surface area contributed by atoms with Gasteiger partial charge in [-0.05, 0) is 86.5 Å². The van der Waals surface area contributed by atoms with E-state index in [9.17, 15) is 15.1 Å². The van der Waals surface area contributed by atoms with Crippen molar-refractivity contribution < 1.29 is 29.3 Å². The van der Waals surface area contributed by atoms with Gasteiger partial charge in [0, 0.05) is 47.3 Å². The average molecular weight is 719 g/mol. The lowest BCUT2D eigenvalue weighted by Crippen LogP contribution is -2.45. The summed E-state index contributed by atoms with van der Waals surface area (Å²) < 4.78 is 15.8. The van der Waals surface area contributed by atoms with Crippen molar-refractivity contribution in [2.24, 2.45) is 0 Å². The number of nitrogens with one attached hydrogen (secondary N) is 1. The molecule has 0 fully saturated rings. The molecule has 1 atom stereocenters. The van der Waals surface area contributed by atoms with E-state index in [-0.39, 0.29) is 13.2 Å². The fourth-order valence-electron chi connectivity index (χ4n) is 5.92. The number of imidazole rings is 1. The first-order valence-corrected chi connectivity index (χ1v) is 20.3. The van der Waals surface area contributed by atoms with Gasteiger partial charge in [0.25, 0.3) is 5.69 Å². The quantitative estimate of drug-likeness (QED) is 0.0715. The minimum absolute atomic E-state index is 0.117. The van der Waals surface area contributed by atoms with Crippen molar-refractivity contribution in [1.29, 1.82) is 0 Å². The zero-order valence-corrected chi connectivity index (χ0v) is 30.6. The number of tetrazole rings is 1. The van der Waals surface area contributed by atoms with E-state index in [1.54, 1.807) is 63.5 Å². The number of hydrogen-bond acceptors (Lipinski definition) is 10. The molecule has 0 bridgehead atoms. The molecule has 50 heavy (non-hydrogen) atoms. The number of benzene rings is 1. The molecule has 0 radical (unpaired) electrons. The van der Waals surface area contributed by atoms with E-state index in [0.717, 1.165) is 16.3 Å². The Morgan fingerprint density at radius 2 is 1.92 bits per heavy atom. The number of aliphatic hydroxyl groups is 1. The number of hydrogen-bond donors (Lipinski definition) is 3. The van der Waals surface area contributed by atoms with E-state index < -0.39 is 25.4 Å². The van der Waals surface area contributed by atoms with Gasteiger partial charge in [0.15, 0.2) is 5.82 Å². The molecule has 14 nitrogen and oxygen atoms in total. The van der Waals surface area contributed by atoms with Crippen LogP contribution in [0.4, 0.5) is 10.6 Å². The minimum Gasteiger partial charge on any atom is -0.444 e. The van der Waals surface area contributed by atoms with Crippen molar-refractivity contribution >= 4 is 31.6 Å². The van der Waals surface area contributed by atoms with Crippen LogP contribution in [0.3, 0.4) is 0 Å². The fraction of sp³-hybridized carbons (Fsp3) is 0.382. The Morgan fingerprint density at radius 1 is 1.12 bits per heavy atom. The number of pyridine rings is 2. The highest BCUT2D eigenvalue weighted by atomic mass is 35.5. The Hall–Kier alpha value is -4.70. The van der Waals surface area contributed by atoms with E-state index in [0.29, 0.717) is 63.5 Å². The number of aromatic nitrogens is 8. The van der Waals surface area contributed by atoms with E-state index in [1.165, 1.54) is 17.2 Å². The summed E-state index contributed by atoms with van der Waals surface area (Å²) in [6.45, 7) is 12.9. The third-order valence-corrected chi connectivity index (χ3v) is 10.2. The molecule has 6 rings (SSSR count). The molecule has 0 spiro atoms. The highest BCUT2D eigenvalue weighted by Crippen LogP contribution is 2.42. The molecule has 0 saturated heterocycles. The van der Waals surface area contributed by atoms with Crippen molar-refractivity contribution in [1.82, 2.24) is 34.7 Å². The number of amides is 1. The normalized spacial score (nSPS) is 16.0. The molecular weight excluding hydrogens is 678 g/mol. The zero-order chi connectivity index (χ0) is 35.8. The van der Waals surface area contributed by atoms with Crippen molar-refractivity contribution in [3.8, 4) is 28.1 Å². The molecule has 4 heterocycles. The van der Waals surface area contributed by atoms with Crippen molar-refractivity contribution in [3.63, 3.8) is 0 Å². The van der Waals surface area contributed by atoms with Crippen LogP contribution in [0.2, 0.25) is 30.7 Å². The number of nitrogens with zero attached hydrogens (tertiary/aromatic N) is 8. The van der Waals surface area contributed by atoms with Crippen molar-refractivity contribution in [2.75, 3.05) is 11.9 Å². The summed E-state index contributed by atoms with van der Waals surface area (Å²) in [5.41, 5.74) is 2.12. The Bertz CT molecular complexity index is 2010. The predicted octanol–water partition coefficient (Wildman–Crippen LogP) is 5.61. The molecule has 1 aromatic carbocycles. The van der Waals surface area contributed by atoms with Gasteiger partial charge in [0.05, 0.1) is 23.1 Å². The summed E-state index contributed by atoms with van der Waals surface area (Å²) in [7, 11) is -1.37. The van der Waals surface area contributed by atoms with Crippen LogP contribution in [0.15, 0.2) is 61.3 Å². The summed E-state index contributed by atoms with van der Waals surface area (Å²) >= 11 is 6.39. The van der Waals surface area contributed by atoms with Crippen LogP contribution in [0.1, 0.15) is 44.3 Å². The molecule has 4 aromatic heterocycles. The van der Waals surface area contributed by atoms with Crippen molar-refractivity contribution in [3.05, 3.63) is 83.4 Å². The number of anilines is 1. The first kappa shape index (κ1) is 35.1. The van der Waals surface area contributed by atoms with Gasteiger partial charge in [0.1, 0.15) is 24.5 Å². The Balaban J connectivity index is 1.36. The zero-order valence-electron chi connectivity index (χ0n) is 28.9. The van der Waals surface area contributed by atoms with Gasteiger partial charge in [-0.25, -0.2) is 14.8 Å². The number of halogens is 1. The van der Waals surface area contributed by atoms with Gasteiger partial charge in [-0.15, -0.1) is 5.10 Å². The minimum atomic E-state index is -1.65. The lowest BCUT2D eigenvalue weighted by atomic mass is 9.98. The van der Waals surface area contributed by atoms with Crippen LogP contribution in [0.25, 0.3) is 28.1 Å². The number of aryl methyl sites for hydroxylation is 1. The molecule has 1 aliphatic carbocycles. The SMILES string of the molecule is CC(C)(C)OC(=O)Nc1ccc(-c2cnc(C3(O)CCc4cc(-c5cc(Cl)ccc5-n5cnnn5)c[n+](O)c43)n2COCC[Si](C)(C)C)cn1.